The summed E-state index contributed by atoms with van der Waals surface area (Å²) in [6.07, 6.45) is 6.55. The molecule has 3 fully saturated rings. The van der Waals surface area contributed by atoms with Crippen molar-refractivity contribution in [1.29, 1.82) is 0 Å². The van der Waals surface area contributed by atoms with E-state index in [1.165, 1.54) is 0 Å². The molecule has 5 atom stereocenters. The summed E-state index contributed by atoms with van der Waals surface area (Å²) in [5.74, 6) is 1.25. The minimum atomic E-state index is -0.508. The van der Waals surface area contributed by atoms with E-state index in [4.69, 9.17) is 14.2 Å². The zero-order chi connectivity index (χ0) is 29.9. The molecular formula is C36H34N2O5. The van der Waals surface area contributed by atoms with Crippen molar-refractivity contribution in [2.75, 3.05) is 20.2 Å². The number of esters is 2. The Balaban J connectivity index is 1.28. The van der Waals surface area contributed by atoms with Crippen molar-refractivity contribution < 1.29 is 23.8 Å². The largest absolute Gasteiger partial charge is 0.497 e. The summed E-state index contributed by atoms with van der Waals surface area (Å²) < 4.78 is 17.1. The first-order valence-electron chi connectivity index (χ1n) is 14.5. The van der Waals surface area contributed by atoms with Gasteiger partial charge in [0.05, 0.1) is 24.2 Å². The maximum Gasteiger partial charge on any atom is 0.338 e. The molecule has 3 aliphatic rings. The molecule has 218 valence electrons. The summed E-state index contributed by atoms with van der Waals surface area (Å²) >= 11 is 0. The van der Waals surface area contributed by atoms with Crippen molar-refractivity contribution in [2.45, 2.75) is 25.0 Å². The fourth-order valence-electron chi connectivity index (χ4n) is 6.42. The second kappa shape index (κ2) is 12.2. The fraction of sp³-hybridized carbons (Fsp3) is 0.250. The predicted octanol–water partition coefficient (Wildman–Crippen LogP) is 6.80. The Morgan fingerprint density at radius 1 is 0.977 bits per heavy atom. The fourth-order valence-corrected chi connectivity index (χ4v) is 6.42. The lowest BCUT2D eigenvalue weighted by molar-refractivity contribution is -0.128. The van der Waals surface area contributed by atoms with Crippen LogP contribution in [0.1, 0.15) is 34.9 Å². The zero-order valence-corrected chi connectivity index (χ0v) is 24.1. The van der Waals surface area contributed by atoms with Crippen LogP contribution < -0.4 is 9.47 Å². The van der Waals surface area contributed by atoms with Crippen LogP contribution in [0.5, 0.6) is 11.5 Å². The first-order chi connectivity index (χ1) is 21.0. The highest BCUT2D eigenvalue weighted by Gasteiger charge is 2.44. The second-order valence-electron chi connectivity index (χ2n) is 11.1. The number of benzene rings is 3. The molecule has 0 spiro atoms. The highest BCUT2D eigenvalue weighted by Crippen LogP contribution is 2.44. The minimum absolute atomic E-state index is 0.0451. The summed E-state index contributed by atoms with van der Waals surface area (Å²) in [6.45, 7) is 9.37. The van der Waals surface area contributed by atoms with Crippen LogP contribution in [0.3, 0.4) is 0 Å². The van der Waals surface area contributed by atoms with Gasteiger partial charge in [0.1, 0.15) is 17.6 Å². The molecule has 7 nitrogen and oxygen atoms in total. The standard InChI is InChI=1S/C36H34N2O5/c1-4-23-22-38-19-17-27(23)20-33(38)35(30-16-18-37-32-15-14-29(41-3)21-31(30)32)43-36(40)26-8-6-24(7-9-26)25-10-12-28(13-11-25)42-34(39)5-2/h4-16,18,21,23,27,33,35H,1-2,17,19-20,22H2,3H3/t23-,27?,33-,35?/m0/s1. The SMILES string of the molecule is C=CC(=O)Oc1ccc(-c2ccc(C(=O)OC(c3ccnc4ccc(OC)cc34)[C@@H]3CC4CCN3C[C@@H]4C=C)cc2)cc1. The second-order valence-corrected chi connectivity index (χ2v) is 11.1. The molecular weight excluding hydrogens is 540 g/mol. The molecule has 0 radical (unpaired) electrons. The molecule has 7 heteroatoms. The first-order valence-corrected chi connectivity index (χ1v) is 14.5. The maximum atomic E-state index is 13.7. The Labute approximate surface area is 251 Å². The van der Waals surface area contributed by atoms with Crippen LogP contribution in [-0.4, -0.2) is 48.1 Å². The number of hydrogen-bond donors (Lipinski definition) is 0. The number of carbonyl (C=O) groups is 2. The number of methoxy groups -OCH3 is 1. The highest BCUT2D eigenvalue weighted by atomic mass is 16.5. The molecule has 0 saturated carbocycles. The van der Waals surface area contributed by atoms with E-state index in [-0.39, 0.29) is 12.0 Å². The number of ether oxygens (including phenoxy) is 3. The van der Waals surface area contributed by atoms with Crippen molar-refractivity contribution in [1.82, 2.24) is 9.88 Å². The Bertz CT molecular complexity index is 1660. The number of rotatable bonds is 9. The molecule has 1 aromatic heterocycles. The van der Waals surface area contributed by atoms with Gasteiger partial charge in [0.2, 0.25) is 0 Å². The number of nitrogens with zero attached hydrogens (tertiary/aromatic N) is 2. The van der Waals surface area contributed by atoms with Gasteiger partial charge in [-0.2, -0.15) is 0 Å². The van der Waals surface area contributed by atoms with E-state index in [0.717, 1.165) is 65.3 Å². The molecule has 7 rings (SSSR count). The van der Waals surface area contributed by atoms with E-state index in [9.17, 15) is 9.59 Å². The Morgan fingerprint density at radius 3 is 2.35 bits per heavy atom. The lowest BCUT2D eigenvalue weighted by Gasteiger charge is -2.51. The molecule has 3 aromatic carbocycles. The predicted molar refractivity (Wildman–Crippen MR) is 166 cm³/mol. The summed E-state index contributed by atoms with van der Waals surface area (Å²) in [7, 11) is 1.64. The van der Waals surface area contributed by atoms with Gasteiger partial charge < -0.3 is 14.2 Å². The molecule has 0 N–H and O–H groups in total. The van der Waals surface area contributed by atoms with Gasteiger partial charge in [-0.05, 0) is 90.9 Å². The normalized spacial score (nSPS) is 21.5. The molecule has 4 heterocycles. The van der Waals surface area contributed by atoms with E-state index in [1.807, 2.05) is 48.5 Å². The zero-order valence-electron chi connectivity index (χ0n) is 24.1. The molecule has 0 aliphatic carbocycles. The molecule has 3 unspecified atom stereocenters. The number of carbonyl (C=O) groups excluding carboxylic acids is 2. The third-order valence-corrected chi connectivity index (χ3v) is 8.72. The van der Waals surface area contributed by atoms with Crippen LogP contribution in [0.2, 0.25) is 0 Å². The number of aromatic nitrogens is 1. The van der Waals surface area contributed by atoms with Gasteiger partial charge in [-0.25, -0.2) is 9.59 Å². The quantitative estimate of drug-likeness (QED) is 0.0942. The lowest BCUT2D eigenvalue weighted by Crippen LogP contribution is -2.55. The smallest absolute Gasteiger partial charge is 0.338 e. The number of piperidine rings is 3. The molecule has 3 aliphatic heterocycles. The van der Waals surface area contributed by atoms with E-state index in [0.29, 0.717) is 23.1 Å². The average molecular weight is 575 g/mol. The monoisotopic (exact) mass is 574 g/mol. The van der Waals surface area contributed by atoms with Gasteiger partial charge in [-0.3, -0.25) is 9.88 Å². The van der Waals surface area contributed by atoms with E-state index >= 15 is 0 Å². The van der Waals surface area contributed by atoms with E-state index in [1.54, 1.807) is 37.6 Å². The Morgan fingerprint density at radius 2 is 1.70 bits per heavy atom. The van der Waals surface area contributed by atoms with Crippen LogP contribution in [0.15, 0.2) is 104 Å². The Kier molecular flexibility index (Phi) is 8.07. The number of pyridine rings is 1. The van der Waals surface area contributed by atoms with Crippen LogP contribution in [0, 0.1) is 11.8 Å². The van der Waals surface area contributed by atoms with Crippen LogP contribution >= 0.6 is 0 Å². The molecule has 2 bridgehead atoms. The van der Waals surface area contributed by atoms with Gasteiger partial charge in [-0.1, -0.05) is 36.9 Å². The number of fused-ring (bicyclic) bond motifs is 4. The van der Waals surface area contributed by atoms with E-state index < -0.39 is 12.1 Å². The topological polar surface area (TPSA) is 78.0 Å². The van der Waals surface area contributed by atoms with Gasteiger partial charge >= 0.3 is 11.9 Å². The first kappa shape index (κ1) is 28.4. The summed E-state index contributed by atoms with van der Waals surface area (Å²) in [5.41, 5.74) is 4.08. The van der Waals surface area contributed by atoms with Crippen molar-refractivity contribution in [2.24, 2.45) is 11.8 Å². The van der Waals surface area contributed by atoms with Gasteiger partial charge in [0.15, 0.2) is 0 Å². The third kappa shape index (κ3) is 5.81. The van der Waals surface area contributed by atoms with Gasteiger partial charge in [-0.15, -0.1) is 6.58 Å². The van der Waals surface area contributed by atoms with Crippen molar-refractivity contribution in [3.05, 3.63) is 115 Å². The van der Waals surface area contributed by atoms with Crippen molar-refractivity contribution in [3.8, 4) is 22.6 Å². The van der Waals surface area contributed by atoms with Crippen molar-refractivity contribution >= 4 is 22.8 Å². The molecule has 3 saturated heterocycles. The highest BCUT2D eigenvalue weighted by molar-refractivity contribution is 5.91. The van der Waals surface area contributed by atoms with Gasteiger partial charge in [0, 0.05) is 29.8 Å². The summed E-state index contributed by atoms with van der Waals surface area (Å²) in [6, 6.07) is 22.3. The summed E-state index contributed by atoms with van der Waals surface area (Å²) in [4.78, 5) is 32.2. The van der Waals surface area contributed by atoms with Crippen LogP contribution in [-0.2, 0) is 9.53 Å². The van der Waals surface area contributed by atoms with Crippen molar-refractivity contribution in [3.63, 3.8) is 0 Å². The number of hydrogen-bond acceptors (Lipinski definition) is 7. The molecule has 43 heavy (non-hydrogen) atoms. The molecule has 0 amide bonds. The lowest BCUT2D eigenvalue weighted by atomic mass is 9.73. The third-order valence-electron chi connectivity index (χ3n) is 8.72. The average Bonchev–Trinajstić information content (AvgIpc) is 3.07. The minimum Gasteiger partial charge on any atom is -0.497 e. The van der Waals surface area contributed by atoms with Crippen LogP contribution in [0.25, 0.3) is 22.0 Å². The molecule has 4 aromatic rings. The maximum absolute atomic E-state index is 13.7. The Hall–Kier alpha value is -4.75. The van der Waals surface area contributed by atoms with Crippen LogP contribution in [0.4, 0.5) is 0 Å². The van der Waals surface area contributed by atoms with Gasteiger partial charge in [0.25, 0.3) is 0 Å². The summed E-state index contributed by atoms with van der Waals surface area (Å²) in [5, 5.41) is 0.917. The van der Waals surface area contributed by atoms with E-state index in [2.05, 4.69) is 29.1 Å².